The second-order valence-corrected chi connectivity index (χ2v) is 5.89. The number of aliphatic carboxylic acids is 1. The van der Waals surface area contributed by atoms with Crippen LogP contribution in [0.2, 0.25) is 0 Å². The lowest BCUT2D eigenvalue weighted by molar-refractivity contribution is -0.742. The molecule has 1 rings (SSSR count). The van der Waals surface area contributed by atoms with Gasteiger partial charge in [0.2, 0.25) is 5.91 Å². The number of carbonyl (C=O) groups is 2. The molecule has 144 valence electrons. The largest absolute Gasteiger partial charge is 0.481 e. The quantitative estimate of drug-likeness (QED) is 0.206. The summed E-state index contributed by atoms with van der Waals surface area (Å²) in [6, 6.07) is 0. The molecule has 1 atom stereocenters. The van der Waals surface area contributed by atoms with E-state index in [0.29, 0.717) is 0 Å². The maximum absolute atomic E-state index is 11.3. The highest BCUT2D eigenvalue weighted by Gasteiger charge is 2.32. The van der Waals surface area contributed by atoms with Crippen molar-refractivity contribution in [2.75, 3.05) is 13.2 Å². The number of amides is 1. The Morgan fingerprint density at radius 1 is 1.40 bits per heavy atom. The Labute approximate surface area is 148 Å². The monoisotopic (exact) mass is 381 g/mol. The summed E-state index contributed by atoms with van der Waals surface area (Å²) in [5, 5.41) is 44.6. The second kappa shape index (κ2) is 14.1. The molecule has 0 spiro atoms. The van der Waals surface area contributed by atoms with Crippen LogP contribution in [0, 0.1) is 15.5 Å². The molecule has 12 heteroatoms. The fourth-order valence-electron chi connectivity index (χ4n) is 1.09. The van der Waals surface area contributed by atoms with E-state index in [1.54, 1.807) is 11.9 Å². The maximum Gasteiger partial charge on any atom is 0.305 e. The van der Waals surface area contributed by atoms with Gasteiger partial charge < -0.3 is 30.6 Å². The van der Waals surface area contributed by atoms with Crippen LogP contribution in [0.25, 0.3) is 0 Å². The third kappa shape index (κ3) is 16.3. The van der Waals surface area contributed by atoms with E-state index in [4.69, 9.17) is 25.5 Å². The molecular weight excluding hydrogens is 358 g/mol. The third-order valence-electron chi connectivity index (χ3n) is 2.52. The van der Waals surface area contributed by atoms with Crippen molar-refractivity contribution in [3.8, 4) is 0 Å². The molecule has 1 aliphatic rings. The summed E-state index contributed by atoms with van der Waals surface area (Å²) in [7, 11) is 0. The molecule has 0 saturated heterocycles. The highest BCUT2D eigenvalue weighted by molar-refractivity contribution is 8.00. The average molecular weight is 381 g/mol. The fraction of sp³-hybridized carbons (Fsp3) is 0.538. The van der Waals surface area contributed by atoms with Gasteiger partial charge >= 0.3 is 5.97 Å². The van der Waals surface area contributed by atoms with Gasteiger partial charge in [-0.25, -0.2) is 0 Å². The van der Waals surface area contributed by atoms with E-state index < -0.39 is 28.5 Å². The summed E-state index contributed by atoms with van der Waals surface area (Å²) >= 11 is 1.58. The second-order valence-electron chi connectivity index (χ2n) is 5.15. The molecule has 0 aromatic heterocycles. The van der Waals surface area contributed by atoms with Gasteiger partial charge in [-0.05, 0) is 23.4 Å². The molecule has 11 nitrogen and oxygen atoms in total. The van der Waals surface area contributed by atoms with Crippen LogP contribution in [-0.4, -0.2) is 56.7 Å². The first kappa shape index (κ1) is 24.9. The van der Waals surface area contributed by atoms with E-state index in [2.05, 4.69) is 10.0 Å². The summed E-state index contributed by atoms with van der Waals surface area (Å²) in [5.41, 5.74) is -0.937. The average Bonchev–Trinajstić information content (AvgIpc) is 2.55. The Morgan fingerprint density at radius 3 is 2.24 bits per heavy atom. The number of nitrogens with one attached hydrogen (secondary N) is 2. The highest BCUT2D eigenvalue weighted by atomic mass is 32.2. The Hall–Kier alpha value is -2.31. The molecule has 1 unspecified atom stereocenters. The number of hydrogen-bond acceptors (Lipinski definition) is 8. The van der Waals surface area contributed by atoms with Crippen LogP contribution in [0.4, 0.5) is 0 Å². The summed E-state index contributed by atoms with van der Waals surface area (Å²) in [5.74, 6) is -1.69. The topological polar surface area (TPSA) is 182 Å². The van der Waals surface area contributed by atoms with Crippen LogP contribution in [0.3, 0.4) is 0 Å². The van der Waals surface area contributed by atoms with Crippen molar-refractivity contribution in [1.29, 1.82) is 0 Å². The Bertz CT molecular complexity index is 466. The van der Waals surface area contributed by atoms with E-state index >= 15 is 0 Å². The van der Waals surface area contributed by atoms with Crippen molar-refractivity contribution in [2.24, 2.45) is 5.41 Å². The first-order valence-electron chi connectivity index (χ1n) is 6.89. The van der Waals surface area contributed by atoms with Crippen LogP contribution in [0.5, 0.6) is 0 Å². The SMILES string of the molecule is C1=CNSC=C1.CC(C)(CO)C(O)C(=O)NCCC(=O)O.O=[N+]([O-])O. The molecule has 0 aromatic carbocycles. The number of nitrogens with zero attached hydrogens (tertiary/aromatic N) is 1. The van der Waals surface area contributed by atoms with Gasteiger partial charge in [-0.3, -0.25) is 9.59 Å². The van der Waals surface area contributed by atoms with Crippen molar-refractivity contribution in [1.82, 2.24) is 10.0 Å². The molecule has 6 N–H and O–H groups in total. The van der Waals surface area contributed by atoms with Gasteiger partial charge in [-0.15, -0.1) is 10.1 Å². The summed E-state index contributed by atoms with van der Waals surface area (Å²) in [6.45, 7) is 2.70. The number of allylic oxidation sites excluding steroid dienone is 2. The van der Waals surface area contributed by atoms with E-state index in [1.807, 2.05) is 23.8 Å². The highest BCUT2D eigenvalue weighted by Crippen LogP contribution is 2.19. The van der Waals surface area contributed by atoms with Gasteiger partial charge in [0.1, 0.15) is 6.10 Å². The number of hydrogen-bond donors (Lipinski definition) is 6. The first-order valence-corrected chi connectivity index (χ1v) is 7.77. The van der Waals surface area contributed by atoms with Gasteiger partial charge in [-0.1, -0.05) is 19.9 Å². The number of aliphatic hydroxyl groups excluding tert-OH is 2. The van der Waals surface area contributed by atoms with Crippen LogP contribution in [0.1, 0.15) is 20.3 Å². The van der Waals surface area contributed by atoms with Crippen molar-refractivity contribution in [2.45, 2.75) is 26.4 Å². The molecule has 1 amide bonds. The van der Waals surface area contributed by atoms with E-state index in [9.17, 15) is 14.7 Å². The minimum atomic E-state index is -1.50. The number of carbonyl (C=O) groups excluding carboxylic acids is 1. The minimum absolute atomic E-state index is 0.0350. The van der Waals surface area contributed by atoms with Crippen LogP contribution < -0.4 is 10.0 Å². The molecule has 1 aliphatic heterocycles. The Kier molecular flexibility index (Phi) is 14.0. The minimum Gasteiger partial charge on any atom is -0.481 e. The van der Waals surface area contributed by atoms with Crippen molar-refractivity contribution < 1.29 is 35.2 Å². The smallest absolute Gasteiger partial charge is 0.305 e. The van der Waals surface area contributed by atoms with Gasteiger partial charge in [0.15, 0.2) is 0 Å². The zero-order chi connectivity index (χ0) is 19.9. The predicted molar refractivity (Wildman–Crippen MR) is 89.9 cm³/mol. The third-order valence-corrected chi connectivity index (χ3v) is 3.09. The molecule has 1 heterocycles. The fourth-order valence-corrected chi connectivity index (χ4v) is 1.49. The van der Waals surface area contributed by atoms with Gasteiger partial charge in [0, 0.05) is 18.2 Å². The molecule has 0 fully saturated rings. The standard InChI is InChI=1S/C9H17NO5.C4H5NS.HNO3/c1-9(2,5-11)7(14)8(15)10-4-3-6(12)13;1-2-4-6-5-3-1;2-1(3)4/h7,11,14H,3-5H2,1-2H3,(H,10,15)(H,12,13);1-5H;(H,2,3,4). The molecule has 0 bridgehead atoms. The van der Waals surface area contributed by atoms with Crippen molar-refractivity contribution >= 4 is 23.8 Å². The maximum atomic E-state index is 11.3. The molecule has 0 radical (unpaired) electrons. The number of rotatable bonds is 6. The Morgan fingerprint density at radius 2 is 1.96 bits per heavy atom. The lowest BCUT2D eigenvalue weighted by Crippen LogP contribution is -2.45. The lowest BCUT2D eigenvalue weighted by atomic mass is 9.87. The predicted octanol–water partition coefficient (Wildman–Crippen LogP) is -0.126. The zero-order valence-electron chi connectivity index (χ0n) is 13.8. The number of carboxylic acid groups (broad SMARTS) is 1. The summed E-state index contributed by atoms with van der Waals surface area (Å²) in [4.78, 5) is 29.8. The summed E-state index contributed by atoms with van der Waals surface area (Å²) in [6.07, 6.45) is 4.29. The Balaban J connectivity index is 0. The molecule has 0 aliphatic carbocycles. The molecule has 0 saturated carbocycles. The van der Waals surface area contributed by atoms with Gasteiger partial charge in [0.05, 0.1) is 13.0 Å². The molecule has 25 heavy (non-hydrogen) atoms. The van der Waals surface area contributed by atoms with Crippen molar-refractivity contribution in [3.05, 3.63) is 33.9 Å². The molecular formula is C13H23N3O8S. The van der Waals surface area contributed by atoms with Crippen LogP contribution >= 0.6 is 11.9 Å². The van der Waals surface area contributed by atoms with E-state index in [-0.39, 0.29) is 19.6 Å². The van der Waals surface area contributed by atoms with Crippen LogP contribution in [-0.2, 0) is 9.59 Å². The van der Waals surface area contributed by atoms with Gasteiger partial charge in [-0.2, -0.15) is 0 Å². The normalized spacial score (nSPS) is 13.1. The lowest BCUT2D eigenvalue weighted by Gasteiger charge is -2.26. The van der Waals surface area contributed by atoms with Crippen LogP contribution in [0.15, 0.2) is 23.8 Å². The number of aliphatic hydroxyl groups is 2. The van der Waals surface area contributed by atoms with Gasteiger partial charge in [0.25, 0.3) is 5.09 Å². The zero-order valence-corrected chi connectivity index (χ0v) is 14.6. The van der Waals surface area contributed by atoms with Crippen molar-refractivity contribution in [3.63, 3.8) is 0 Å². The molecule has 0 aromatic rings. The number of carboxylic acids is 1. The summed E-state index contributed by atoms with van der Waals surface area (Å²) < 4.78 is 2.93. The van der Waals surface area contributed by atoms with E-state index in [0.717, 1.165) is 0 Å². The van der Waals surface area contributed by atoms with E-state index in [1.165, 1.54) is 13.8 Å². The first-order chi connectivity index (χ1) is 11.5.